The minimum Gasteiger partial charge on any atom is -0.393 e. The Morgan fingerprint density at radius 1 is 1.19 bits per heavy atom. The summed E-state index contributed by atoms with van der Waals surface area (Å²) in [4.78, 5) is 62.6. The maximum Gasteiger partial charge on any atom is 0.315 e. The SMILES string of the molecule is CC(=O)OC(=O)CCN1CC(=O)N(C)c2ccc(NC(=O)CCCC(=N)N)cc2C1=O. The molecule has 0 fully saturated rings. The molecule has 11 heteroatoms. The first kappa shape index (κ1) is 23.5. The molecule has 2 rings (SSSR count). The maximum atomic E-state index is 13.0. The number of nitrogens with two attached hydrogens (primary N) is 1. The number of rotatable bonds is 8. The van der Waals surface area contributed by atoms with Crippen molar-refractivity contribution in [2.75, 3.05) is 30.4 Å². The van der Waals surface area contributed by atoms with Gasteiger partial charge in [0.25, 0.3) is 5.91 Å². The molecule has 4 N–H and O–H groups in total. The van der Waals surface area contributed by atoms with Gasteiger partial charge in [0, 0.05) is 39.0 Å². The van der Waals surface area contributed by atoms with Gasteiger partial charge < -0.3 is 25.6 Å². The Morgan fingerprint density at radius 2 is 1.90 bits per heavy atom. The van der Waals surface area contributed by atoms with Crippen LogP contribution in [0.2, 0.25) is 0 Å². The fourth-order valence-electron chi connectivity index (χ4n) is 3.00. The third-order valence-corrected chi connectivity index (χ3v) is 4.55. The van der Waals surface area contributed by atoms with Crippen LogP contribution < -0.4 is 16.0 Å². The van der Waals surface area contributed by atoms with Crippen molar-refractivity contribution in [2.45, 2.75) is 32.6 Å². The third kappa shape index (κ3) is 6.63. The zero-order valence-corrected chi connectivity index (χ0v) is 17.4. The molecule has 0 aliphatic carbocycles. The van der Waals surface area contributed by atoms with Gasteiger partial charge in [-0.1, -0.05) is 0 Å². The number of hydrogen-bond acceptors (Lipinski definition) is 7. The molecule has 1 aromatic carbocycles. The molecule has 0 atom stereocenters. The van der Waals surface area contributed by atoms with E-state index < -0.39 is 17.8 Å². The van der Waals surface area contributed by atoms with E-state index in [1.807, 2.05) is 0 Å². The summed E-state index contributed by atoms with van der Waals surface area (Å²) in [7, 11) is 1.53. The van der Waals surface area contributed by atoms with Crippen molar-refractivity contribution in [2.24, 2.45) is 5.73 Å². The van der Waals surface area contributed by atoms with Crippen LogP contribution in [-0.4, -0.2) is 60.5 Å². The largest absolute Gasteiger partial charge is 0.393 e. The van der Waals surface area contributed by atoms with E-state index in [-0.39, 0.29) is 49.1 Å². The molecule has 0 aromatic heterocycles. The van der Waals surface area contributed by atoms with Crippen molar-refractivity contribution in [3.05, 3.63) is 23.8 Å². The van der Waals surface area contributed by atoms with E-state index in [9.17, 15) is 24.0 Å². The second-order valence-corrected chi connectivity index (χ2v) is 7.05. The van der Waals surface area contributed by atoms with E-state index in [1.165, 1.54) is 22.9 Å². The number of fused-ring (bicyclic) bond motifs is 1. The van der Waals surface area contributed by atoms with Gasteiger partial charge in [-0.2, -0.15) is 0 Å². The van der Waals surface area contributed by atoms with Gasteiger partial charge in [0.05, 0.1) is 23.5 Å². The van der Waals surface area contributed by atoms with Gasteiger partial charge in [0.15, 0.2) is 0 Å². The second kappa shape index (κ2) is 10.3. The zero-order valence-electron chi connectivity index (χ0n) is 17.4. The number of nitrogens with one attached hydrogen (secondary N) is 2. The highest BCUT2D eigenvalue weighted by molar-refractivity contribution is 6.10. The molecule has 1 aromatic rings. The molecule has 1 heterocycles. The number of carbonyl (C=O) groups is 5. The van der Waals surface area contributed by atoms with Crippen LogP contribution in [0.3, 0.4) is 0 Å². The number of amides is 3. The van der Waals surface area contributed by atoms with Crippen molar-refractivity contribution in [3.63, 3.8) is 0 Å². The number of likely N-dealkylation sites (N-methyl/N-ethyl adjacent to an activating group) is 1. The van der Waals surface area contributed by atoms with Crippen LogP contribution >= 0.6 is 0 Å². The molecule has 11 nitrogen and oxygen atoms in total. The van der Waals surface area contributed by atoms with Crippen molar-refractivity contribution < 1.29 is 28.7 Å². The zero-order chi connectivity index (χ0) is 23.1. The lowest BCUT2D eigenvalue weighted by atomic mass is 10.1. The fourth-order valence-corrected chi connectivity index (χ4v) is 3.00. The Kier molecular flexibility index (Phi) is 7.83. The minimum absolute atomic E-state index is 0.00316. The summed E-state index contributed by atoms with van der Waals surface area (Å²) < 4.78 is 4.46. The van der Waals surface area contributed by atoms with E-state index in [2.05, 4.69) is 10.1 Å². The standard InChI is InChI=1S/C20H25N5O6/c1-12(26)31-19(29)8-9-25-11-18(28)24(2)15-7-6-13(10-14(15)20(25)30)23-17(27)5-3-4-16(21)22/h6-7,10H,3-5,8-9,11H2,1-2H3,(H3,21,22)(H,23,27). The Hall–Kier alpha value is -3.76. The second-order valence-electron chi connectivity index (χ2n) is 7.05. The highest BCUT2D eigenvalue weighted by Gasteiger charge is 2.30. The molecule has 0 saturated carbocycles. The Labute approximate surface area is 179 Å². The van der Waals surface area contributed by atoms with E-state index in [1.54, 1.807) is 12.1 Å². The number of carbonyl (C=O) groups excluding carboxylic acids is 5. The third-order valence-electron chi connectivity index (χ3n) is 4.55. The fraction of sp³-hybridized carbons (Fsp3) is 0.400. The number of nitrogens with zero attached hydrogens (tertiary/aromatic N) is 2. The van der Waals surface area contributed by atoms with Crippen LogP contribution in [0.1, 0.15) is 43.0 Å². The highest BCUT2D eigenvalue weighted by atomic mass is 16.6. The number of esters is 2. The van der Waals surface area contributed by atoms with Crippen LogP contribution in [0.15, 0.2) is 18.2 Å². The lowest BCUT2D eigenvalue weighted by Gasteiger charge is -2.19. The number of ether oxygens (including phenoxy) is 1. The Balaban J connectivity index is 2.17. The maximum absolute atomic E-state index is 13.0. The average Bonchev–Trinajstić information content (AvgIpc) is 2.76. The number of anilines is 2. The van der Waals surface area contributed by atoms with Gasteiger partial charge in [0.2, 0.25) is 11.8 Å². The number of hydrogen-bond donors (Lipinski definition) is 3. The van der Waals surface area contributed by atoms with Gasteiger partial charge in [-0.25, -0.2) is 0 Å². The topological polar surface area (TPSA) is 163 Å². The molecule has 1 aliphatic rings. The highest BCUT2D eigenvalue weighted by Crippen LogP contribution is 2.28. The molecule has 0 spiro atoms. The summed E-state index contributed by atoms with van der Waals surface area (Å²) in [5, 5.41) is 9.86. The van der Waals surface area contributed by atoms with Crippen LogP contribution in [0, 0.1) is 5.41 Å². The van der Waals surface area contributed by atoms with E-state index in [4.69, 9.17) is 11.1 Å². The monoisotopic (exact) mass is 431 g/mol. The molecule has 1 aliphatic heterocycles. The summed E-state index contributed by atoms with van der Waals surface area (Å²) in [6.07, 6.45) is 0.647. The smallest absolute Gasteiger partial charge is 0.315 e. The normalized spacial score (nSPS) is 13.4. The van der Waals surface area contributed by atoms with Crippen LogP contribution in [-0.2, 0) is 23.9 Å². The van der Waals surface area contributed by atoms with Gasteiger partial charge in [-0.05, 0) is 24.6 Å². The lowest BCUT2D eigenvalue weighted by molar-refractivity contribution is -0.158. The molecule has 0 radical (unpaired) electrons. The van der Waals surface area contributed by atoms with Crippen LogP contribution in [0.25, 0.3) is 0 Å². The Bertz CT molecular complexity index is 929. The number of amidine groups is 1. The quantitative estimate of drug-likeness (QED) is 0.235. The first-order valence-corrected chi connectivity index (χ1v) is 9.62. The van der Waals surface area contributed by atoms with Gasteiger partial charge in [0.1, 0.15) is 6.54 Å². The lowest BCUT2D eigenvalue weighted by Crippen LogP contribution is -2.39. The molecule has 3 amide bonds. The van der Waals surface area contributed by atoms with Crippen molar-refractivity contribution in [1.29, 1.82) is 5.41 Å². The predicted molar refractivity (Wildman–Crippen MR) is 112 cm³/mol. The Morgan fingerprint density at radius 3 is 2.55 bits per heavy atom. The van der Waals surface area contributed by atoms with Crippen molar-refractivity contribution in [3.8, 4) is 0 Å². The van der Waals surface area contributed by atoms with Gasteiger partial charge in [-0.15, -0.1) is 0 Å². The summed E-state index contributed by atoms with van der Waals surface area (Å²) in [5.41, 5.74) is 6.21. The summed E-state index contributed by atoms with van der Waals surface area (Å²) in [5.74, 6) is -2.68. The number of benzene rings is 1. The molecular weight excluding hydrogens is 406 g/mol. The van der Waals surface area contributed by atoms with Gasteiger partial charge >= 0.3 is 11.9 Å². The van der Waals surface area contributed by atoms with Gasteiger partial charge in [-0.3, -0.25) is 29.4 Å². The molecule has 31 heavy (non-hydrogen) atoms. The first-order valence-electron chi connectivity index (χ1n) is 9.62. The minimum atomic E-state index is -0.794. The summed E-state index contributed by atoms with van der Waals surface area (Å²) in [6.45, 7) is 0.745. The van der Waals surface area contributed by atoms with Crippen molar-refractivity contribution >= 4 is 46.9 Å². The molecular formula is C20H25N5O6. The van der Waals surface area contributed by atoms with Crippen molar-refractivity contribution in [1.82, 2.24) is 4.90 Å². The summed E-state index contributed by atoms with van der Waals surface area (Å²) in [6, 6.07) is 4.61. The average molecular weight is 431 g/mol. The molecule has 0 bridgehead atoms. The first-order chi connectivity index (χ1) is 14.6. The van der Waals surface area contributed by atoms with Crippen LogP contribution in [0.4, 0.5) is 11.4 Å². The van der Waals surface area contributed by atoms with E-state index >= 15 is 0 Å². The van der Waals surface area contributed by atoms with Crippen LogP contribution in [0.5, 0.6) is 0 Å². The molecule has 166 valence electrons. The van der Waals surface area contributed by atoms with E-state index in [0.717, 1.165) is 6.92 Å². The molecule has 0 saturated heterocycles. The summed E-state index contributed by atoms with van der Waals surface area (Å²) >= 11 is 0. The van der Waals surface area contributed by atoms with E-state index in [0.29, 0.717) is 24.2 Å². The predicted octanol–water partition coefficient (Wildman–Crippen LogP) is 0.630. The molecule has 0 unspecified atom stereocenters.